The summed E-state index contributed by atoms with van der Waals surface area (Å²) in [5, 5.41) is 2.96. The van der Waals surface area contributed by atoms with Gasteiger partial charge in [0, 0.05) is 24.0 Å². The van der Waals surface area contributed by atoms with Crippen LogP contribution >= 0.6 is 15.9 Å². The molecular formula is C35H37BrFN3O4S. The van der Waals surface area contributed by atoms with Gasteiger partial charge in [0.15, 0.2) is 0 Å². The maximum Gasteiger partial charge on any atom is 0.264 e. The molecule has 10 heteroatoms. The van der Waals surface area contributed by atoms with Crippen molar-refractivity contribution in [1.29, 1.82) is 0 Å². The number of unbranched alkanes of at least 4 members (excludes halogenated alkanes) is 1. The van der Waals surface area contributed by atoms with E-state index >= 15 is 4.39 Å². The van der Waals surface area contributed by atoms with Gasteiger partial charge in [-0.2, -0.15) is 0 Å². The molecule has 0 bridgehead atoms. The van der Waals surface area contributed by atoms with E-state index in [-0.39, 0.29) is 29.5 Å². The van der Waals surface area contributed by atoms with E-state index in [1.165, 1.54) is 35.2 Å². The van der Waals surface area contributed by atoms with Crippen LogP contribution in [0.15, 0.2) is 112 Å². The van der Waals surface area contributed by atoms with Gasteiger partial charge in [-0.25, -0.2) is 12.8 Å². The highest BCUT2D eigenvalue weighted by molar-refractivity contribution is 9.10. The largest absolute Gasteiger partial charge is 0.354 e. The van der Waals surface area contributed by atoms with E-state index in [9.17, 15) is 18.0 Å². The summed E-state index contributed by atoms with van der Waals surface area (Å²) in [5.41, 5.74) is 2.16. The van der Waals surface area contributed by atoms with Crippen LogP contribution in [0.1, 0.15) is 36.5 Å². The van der Waals surface area contributed by atoms with Gasteiger partial charge in [0.05, 0.1) is 10.6 Å². The summed E-state index contributed by atoms with van der Waals surface area (Å²) in [5.74, 6) is -1.79. The number of hydrogen-bond donors (Lipinski definition) is 1. The van der Waals surface area contributed by atoms with Crippen LogP contribution < -0.4 is 9.62 Å². The van der Waals surface area contributed by atoms with E-state index in [1.54, 1.807) is 12.1 Å². The monoisotopic (exact) mass is 693 g/mol. The second-order valence-corrected chi connectivity index (χ2v) is 13.6. The fraction of sp³-hybridized carbons (Fsp3) is 0.257. The summed E-state index contributed by atoms with van der Waals surface area (Å²) in [6, 6.07) is 27.3. The van der Waals surface area contributed by atoms with Gasteiger partial charge in [-0.15, -0.1) is 0 Å². The minimum atomic E-state index is -4.38. The molecule has 0 saturated carbocycles. The molecule has 1 unspecified atom stereocenters. The predicted molar refractivity (Wildman–Crippen MR) is 179 cm³/mol. The molecule has 0 aliphatic carbocycles. The molecule has 0 fully saturated rings. The van der Waals surface area contributed by atoms with Crippen molar-refractivity contribution in [3.05, 3.63) is 130 Å². The molecule has 1 atom stereocenters. The Labute approximate surface area is 273 Å². The molecule has 4 rings (SSSR count). The van der Waals surface area contributed by atoms with Crippen molar-refractivity contribution in [3.63, 3.8) is 0 Å². The number of benzene rings is 4. The summed E-state index contributed by atoms with van der Waals surface area (Å²) in [6.45, 7) is 3.58. The summed E-state index contributed by atoms with van der Waals surface area (Å²) >= 11 is 3.43. The minimum absolute atomic E-state index is 0.0283. The Morgan fingerprint density at radius 3 is 2.16 bits per heavy atom. The van der Waals surface area contributed by atoms with Crippen LogP contribution in [-0.4, -0.2) is 44.3 Å². The van der Waals surface area contributed by atoms with Gasteiger partial charge >= 0.3 is 0 Å². The molecule has 0 radical (unpaired) electrons. The van der Waals surface area contributed by atoms with Crippen LogP contribution in [-0.2, 0) is 32.6 Å². The molecule has 4 aromatic carbocycles. The summed E-state index contributed by atoms with van der Waals surface area (Å²) < 4.78 is 44.9. The van der Waals surface area contributed by atoms with Crippen LogP contribution in [0.5, 0.6) is 0 Å². The number of hydrogen-bond acceptors (Lipinski definition) is 4. The number of aryl methyl sites for hydroxylation is 1. The van der Waals surface area contributed by atoms with Crippen LogP contribution in [0.3, 0.4) is 0 Å². The van der Waals surface area contributed by atoms with E-state index in [0.717, 1.165) is 44.4 Å². The average Bonchev–Trinajstić information content (AvgIpc) is 3.03. The quantitative estimate of drug-likeness (QED) is 0.150. The molecule has 236 valence electrons. The van der Waals surface area contributed by atoms with Crippen molar-refractivity contribution >= 4 is 43.5 Å². The second-order valence-electron chi connectivity index (χ2n) is 10.8. The summed E-state index contributed by atoms with van der Waals surface area (Å²) in [7, 11) is -4.38. The number of nitrogens with one attached hydrogen (secondary N) is 1. The summed E-state index contributed by atoms with van der Waals surface area (Å²) in [4.78, 5) is 29.5. The molecule has 0 aliphatic heterocycles. The lowest BCUT2D eigenvalue weighted by molar-refractivity contribution is -0.140. The van der Waals surface area contributed by atoms with E-state index in [0.29, 0.717) is 6.54 Å². The van der Waals surface area contributed by atoms with Gasteiger partial charge in [-0.3, -0.25) is 13.9 Å². The first-order chi connectivity index (χ1) is 21.6. The first-order valence-corrected chi connectivity index (χ1v) is 17.0. The molecular weight excluding hydrogens is 657 g/mol. The fourth-order valence-corrected chi connectivity index (χ4v) is 6.54. The number of carbonyl (C=O) groups excluding carboxylic acids is 2. The smallest absolute Gasteiger partial charge is 0.264 e. The maximum absolute atomic E-state index is 15.2. The van der Waals surface area contributed by atoms with Gasteiger partial charge in [0.1, 0.15) is 18.4 Å². The lowest BCUT2D eigenvalue weighted by atomic mass is 10.0. The molecule has 0 spiro atoms. The molecule has 7 nitrogen and oxygen atoms in total. The third kappa shape index (κ3) is 9.02. The van der Waals surface area contributed by atoms with Gasteiger partial charge in [0.25, 0.3) is 10.0 Å². The van der Waals surface area contributed by atoms with E-state index in [2.05, 4.69) is 21.2 Å². The Balaban J connectivity index is 1.79. The van der Waals surface area contributed by atoms with E-state index in [4.69, 9.17) is 0 Å². The summed E-state index contributed by atoms with van der Waals surface area (Å²) in [6.07, 6.45) is 1.84. The van der Waals surface area contributed by atoms with Crippen LogP contribution in [0.2, 0.25) is 0 Å². The fourth-order valence-electron chi connectivity index (χ4n) is 4.85. The number of nitrogens with zero attached hydrogens (tertiary/aromatic N) is 2. The van der Waals surface area contributed by atoms with Crippen molar-refractivity contribution in [2.24, 2.45) is 0 Å². The Kier molecular flexibility index (Phi) is 11.9. The third-order valence-electron chi connectivity index (χ3n) is 7.38. The standard InChI is InChI=1S/C35H37BrFN3O4S/c1-3-4-22-38-35(42)33(23-27-10-6-5-7-11-27)39(24-28-16-18-29(36)19-17-28)34(41)25-40(32-13-9-8-12-31(32)37)45(43,44)30-20-14-26(2)15-21-30/h5-21,33H,3-4,22-25H2,1-2H3,(H,38,42). The van der Waals surface area contributed by atoms with Crippen molar-refractivity contribution in [2.75, 3.05) is 17.4 Å². The SMILES string of the molecule is CCCCNC(=O)C(Cc1ccccc1)N(Cc1ccc(Br)cc1)C(=O)CN(c1ccccc1F)S(=O)(=O)c1ccc(C)cc1. The van der Waals surface area contributed by atoms with Crippen molar-refractivity contribution in [1.82, 2.24) is 10.2 Å². The highest BCUT2D eigenvalue weighted by Crippen LogP contribution is 2.27. The molecule has 0 aromatic heterocycles. The van der Waals surface area contributed by atoms with Crippen LogP contribution in [0.4, 0.5) is 10.1 Å². The molecule has 0 aliphatic rings. The van der Waals surface area contributed by atoms with Crippen molar-refractivity contribution < 1.29 is 22.4 Å². The zero-order chi connectivity index (χ0) is 32.4. The maximum atomic E-state index is 15.2. The molecule has 1 N–H and O–H groups in total. The van der Waals surface area contributed by atoms with Crippen molar-refractivity contribution in [3.8, 4) is 0 Å². The number of amides is 2. The van der Waals surface area contributed by atoms with E-state index in [1.807, 2.05) is 68.4 Å². The normalized spacial score (nSPS) is 11.9. The number of rotatable bonds is 14. The van der Waals surface area contributed by atoms with Gasteiger partial charge in [-0.1, -0.05) is 102 Å². The topological polar surface area (TPSA) is 86.8 Å². The lowest BCUT2D eigenvalue weighted by Gasteiger charge is -2.34. The minimum Gasteiger partial charge on any atom is -0.354 e. The Bertz CT molecular complexity index is 1680. The molecule has 0 saturated heterocycles. The Hall–Kier alpha value is -4.02. The second kappa shape index (κ2) is 15.8. The number of sulfonamides is 1. The molecule has 4 aromatic rings. The van der Waals surface area contributed by atoms with Gasteiger partial charge < -0.3 is 10.2 Å². The Morgan fingerprint density at radius 2 is 1.51 bits per heavy atom. The lowest BCUT2D eigenvalue weighted by Crippen LogP contribution is -2.53. The average molecular weight is 695 g/mol. The molecule has 45 heavy (non-hydrogen) atoms. The zero-order valence-electron chi connectivity index (χ0n) is 25.3. The number of carbonyl (C=O) groups is 2. The van der Waals surface area contributed by atoms with Gasteiger partial charge in [-0.05, 0) is 60.9 Å². The van der Waals surface area contributed by atoms with Crippen LogP contribution in [0, 0.1) is 12.7 Å². The third-order valence-corrected chi connectivity index (χ3v) is 9.68. The van der Waals surface area contributed by atoms with E-state index < -0.39 is 34.3 Å². The molecule has 0 heterocycles. The van der Waals surface area contributed by atoms with Crippen LogP contribution in [0.25, 0.3) is 0 Å². The first kappa shape index (κ1) is 33.9. The predicted octanol–water partition coefficient (Wildman–Crippen LogP) is 6.65. The number of para-hydroxylation sites is 1. The Morgan fingerprint density at radius 1 is 0.867 bits per heavy atom. The first-order valence-electron chi connectivity index (χ1n) is 14.8. The van der Waals surface area contributed by atoms with Crippen molar-refractivity contribution in [2.45, 2.75) is 50.6 Å². The number of anilines is 1. The highest BCUT2D eigenvalue weighted by atomic mass is 79.9. The zero-order valence-corrected chi connectivity index (χ0v) is 27.7. The highest BCUT2D eigenvalue weighted by Gasteiger charge is 2.35. The molecule has 2 amide bonds. The number of halogens is 2. The van der Waals surface area contributed by atoms with Gasteiger partial charge in [0.2, 0.25) is 11.8 Å².